The zero-order valence-electron chi connectivity index (χ0n) is 14.0. The fourth-order valence-electron chi connectivity index (χ4n) is 2.25. The number of aromatic nitrogens is 1. The lowest BCUT2D eigenvalue weighted by atomic mass is 10.1. The molecule has 0 unspecified atom stereocenters. The van der Waals surface area contributed by atoms with Gasteiger partial charge in [0.15, 0.2) is 5.96 Å². The molecule has 0 spiro atoms. The van der Waals surface area contributed by atoms with Crippen LogP contribution in [0.25, 0.3) is 0 Å². The standard InChI is InChI=1S/C18H24N4S/c1-14-7-8-15(17(12-14)23-3)13-22-18(19-2)21-11-9-16-6-4-5-10-20-16/h4-8,10,12H,9,11,13H2,1-3H3,(H2,19,21,22). The van der Waals surface area contributed by atoms with Crippen molar-refractivity contribution in [3.8, 4) is 0 Å². The Morgan fingerprint density at radius 1 is 1.22 bits per heavy atom. The van der Waals surface area contributed by atoms with Crippen molar-refractivity contribution in [3.05, 3.63) is 59.4 Å². The lowest BCUT2D eigenvalue weighted by Crippen LogP contribution is -2.38. The van der Waals surface area contributed by atoms with Gasteiger partial charge in [0.25, 0.3) is 0 Å². The quantitative estimate of drug-likeness (QED) is 0.486. The van der Waals surface area contributed by atoms with Crippen LogP contribution < -0.4 is 10.6 Å². The molecule has 5 heteroatoms. The summed E-state index contributed by atoms with van der Waals surface area (Å²) in [4.78, 5) is 9.90. The molecule has 2 aromatic rings. The number of hydrogen-bond acceptors (Lipinski definition) is 3. The maximum Gasteiger partial charge on any atom is 0.191 e. The number of benzene rings is 1. The van der Waals surface area contributed by atoms with Crippen molar-refractivity contribution in [1.82, 2.24) is 15.6 Å². The van der Waals surface area contributed by atoms with E-state index in [1.807, 2.05) is 24.4 Å². The van der Waals surface area contributed by atoms with Crippen molar-refractivity contribution in [3.63, 3.8) is 0 Å². The number of nitrogens with one attached hydrogen (secondary N) is 2. The van der Waals surface area contributed by atoms with Crippen molar-refractivity contribution < 1.29 is 0 Å². The van der Waals surface area contributed by atoms with Crippen molar-refractivity contribution in [2.75, 3.05) is 19.8 Å². The van der Waals surface area contributed by atoms with Crippen molar-refractivity contribution in [2.45, 2.75) is 24.8 Å². The molecule has 0 saturated heterocycles. The lowest BCUT2D eigenvalue weighted by molar-refractivity contribution is 0.779. The van der Waals surface area contributed by atoms with Gasteiger partial charge in [0.05, 0.1) is 0 Å². The molecular weight excluding hydrogens is 304 g/mol. The molecule has 0 amide bonds. The summed E-state index contributed by atoms with van der Waals surface area (Å²) in [6, 6.07) is 12.5. The summed E-state index contributed by atoms with van der Waals surface area (Å²) in [5.41, 5.74) is 3.66. The van der Waals surface area contributed by atoms with E-state index in [1.54, 1.807) is 18.8 Å². The Balaban J connectivity index is 1.83. The second-order valence-corrected chi connectivity index (χ2v) is 6.09. The average molecular weight is 328 g/mol. The molecule has 0 fully saturated rings. The Labute approximate surface area is 142 Å². The molecule has 1 aromatic carbocycles. The number of nitrogens with zero attached hydrogens (tertiary/aromatic N) is 2. The summed E-state index contributed by atoms with van der Waals surface area (Å²) in [7, 11) is 1.79. The van der Waals surface area contributed by atoms with E-state index in [0.717, 1.165) is 31.2 Å². The van der Waals surface area contributed by atoms with E-state index in [4.69, 9.17) is 0 Å². The normalized spacial score (nSPS) is 11.3. The number of hydrogen-bond donors (Lipinski definition) is 2. The predicted octanol–water partition coefficient (Wildman–Crippen LogP) is 3.02. The SMILES string of the molecule is CN=C(NCCc1ccccn1)NCc1ccc(C)cc1SC. The van der Waals surface area contributed by atoms with Gasteiger partial charge in [-0.3, -0.25) is 9.98 Å². The number of aryl methyl sites for hydroxylation is 1. The third-order valence-electron chi connectivity index (χ3n) is 3.51. The van der Waals surface area contributed by atoms with Crippen LogP contribution in [0.4, 0.5) is 0 Å². The van der Waals surface area contributed by atoms with Crippen LogP contribution >= 0.6 is 11.8 Å². The first-order valence-corrected chi connectivity index (χ1v) is 8.93. The lowest BCUT2D eigenvalue weighted by Gasteiger charge is -2.14. The van der Waals surface area contributed by atoms with Gasteiger partial charge in [-0.15, -0.1) is 11.8 Å². The number of guanidine groups is 1. The van der Waals surface area contributed by atoms with Crippen LogP contribution in [0.2, 0.25) is 0 Å². The first-order valence-electron chi connectivity index (χ1n) is 7.71. The molecule has 0 aliphatic carbocycles. The highest BCUT2D eigenvalue weighted by Gasteiger charge is 2.04. The number of thioether (sulfide) groups is 1. The minimum absolute atomic E-state index is 0.764. The molecule has 0 bridgehead atoms. The van der Waals surface area contributed by atoms with Gasteiger partial charge in [0.2, 0.25) is 0 Å². The first-order chi connectivity index (χ1) is 11.2. The number of rotatable bonds is 6. The van der Waals surface area contributed by atoms with Gasteiger partial charge in [-0.1, -0.05) is 18.2 Å². The maximum absolute atomic E-state index is 4.32. The van der Waals surface area contributed by atoms with Gasteiger partial charge >= 0.3 is 0 Å². The molecule has 122 valence electrons. The van der Waals surface area contributed by atoms with E-state index in [2.05, 4.69) is 52.0 Å². The fraction of sp³-hybridized carbons (Fsp3) is 0.333. The van der Waals surface area contributed by atoms with E-state index < -0.39 is 0 Å². The summed E-state index contributed by atoms with van der Waals surface area (Å²) in [6.07, 6.45) is 4.81. The minimum atomic E-state index is 0.764. The van der Waals surface area contributed by atoms with Crippen LogP contribution in [-0.4, -0.2) is 30.8 Å². The summed E-state index contributed by atoms with van der Waals surface area (Å²) < 4.78 is 0. The van der Waals surface area contributed by atoms with Gasteiger partial charge < -0.3 is 10.6 Å². The second-order valence-electron chi connectivity index (χ2n) is 5.24. The Kier molecular flexibility index (Phi) is 6.94. The van der Waals surface area contributed by atoms with Gasteiger partial charge in [-0.05, 0) is 42.5 Å². The summed E-state index contributed by atoms with van der Waals surface area (Å²) in [5.74, 6) is 0.813. The molecule has 2 rings (SSSR count). The smallest absolute Gasteiger partial charge is 0.191 e. The van der Waals surface area contributed by atoms with Crippen LogP contribution in [0.15, 0.2) is 52.5 Å². The molecule has 0 aliphatic heterocycles. The van der Waals surface area contributed by atoms with E-state index in [-0.39, 0.29) is 0 Å². The number of aliphatic imine (C=N–C) groups is 1. The average Bonchev–Trinajstić information content (AvgIpc) is 2.59. The third kappa shape index (κ3) is 5.60. The minimum Gasteiger partial charge on any atom is -0.356 e. The molecule has 23 heavy (non-hydrogen) atoms. The van der Waals surface area contributed by atoms with E-state index >= 15 is 0 Å². The monoisotopic (exact) mass is 328 g/mol. The molecule has 0 aliphatic rings. The molecule has 0 saturated carbocycles. The molecule has 4 nitrogen and oxygen atoms in total. The Morgan fingerprint density at radius 3 is 2.78 bits per heavy atom. The zero-order valence-corrected chi connectivity index (χ0v) is 14.8. The van der Waals surface area contributed by atoms with E-state index in [9.17, 15) is 0 Å². The fourth-order valence-corrected chi connectivity index (χ4v) is 2.96. The van der Waals surface area contributed by atoms with E-state index in [1.165, 1.54) is 16.0 Å². The highest BCUT2D eigenvalue weighted by molar-refractivity contribution is 7.98. The van der Waals surface area contributed by atoms with Crippen LogP contribution in [0.5, 0.6) is 0 Å². The molecule has 0 radical (unpaired) electrons. The van der Waals surface area contributed by atoms with Gasteiger partial charge in [0.1, 0.15) is 0 Å². The predicted molar refractivity (Wildman–Crippen MR) is 99.1 cm³/mol. The van der Waals surface area contributed by atoms with Gasteiger partial charge in [-0.25, -0.2) is 0 Å². The highest BCUT2D eigenvalue weighted by Crippen LogP contribution is 2.21. The Morgan fingerprint density at radius 2 is 2.09 bits per heavy atom. The Bertz CT molecular complexity index is 641. The summed E-state index contributed by atoms with van der Waals surface area (Å²) in [5, 5.41) is 6.70. The molecule has 2 N–H and O–H groups in total. The third-order valence-corrected chi connectivity index (χ3v) is 4.33. The topological polar surface area (TPSA) is 49.3 Å². The van der Waals surface area contributed by atoms with Crippen molar-refractivity contribution in [1.29, 1.82) is 0 Å². The first kappa shape index (κ1) is 17.3. The summed E-state index contributed by atoms with van der Waals surface area (Å²) in [6.45, 7) is 3.69. The zero-order chi connectivity index (χ0) is 16.5. The van der Waals surface area contributed by atoms with Crippen LogP contribution in [-0.2, 0) is 13.0 Å². The summed E-state index contributed by atoms with van der Waals surface area (Å²) >= 11 is 1.78. The molecule has 0 atom stereocenters. The van der Waals surface area contributed by atoms with Crippen LogP contribution in [0, 0.1) is 6.92 Å². The number of pyridine rings is 1. The largest absolute Gasteiger partial charge is 0.356 e. The highest BCUT2D eigenvalue weighted by atomic mass is 32.2. The Hall–Kier alpha value is -2.01. The van der Waals surface area contributed by atoms with E-state index in [0.29, 0.717) is 0 Å². The van der Waals surface area contributed by atoms with Gasteiger partial charge in [-0.2, -0.15) is 0 Å². The molecular formula is C18H24N4S. The van der Waals surface area contributed by atoms with Gasteiger partial charge in [0, 0.05) is 43.3 Å². The second kappa shape index (κ2) is 9.20. The molecule has 1 aromatic heterocycles. The van der Waals surface area contributed by atoms with Crippen molar-refractivity contribution >= 4 is 17.7 Å². The van der Waals surface area contributed by atoms with Crippen molar-refractivity contribution in [2.24, 2.45) is 4.99 Å². The molecule has 1 heterocycles. The van der Waals surface area contributed by atoms with Crippen LogP contribution in [0.3, 0.4) is 0 Å². The van der Waals surface area contributed by atoms with Crippen LogP contribution in [0.1, 0.15) is 16.8 Å². The maximum atomic E-state index is 4.32.